The zero-order valence-electron chi connectivity index (χ0n) is 29.6. The van der Waals surface area contributed by atoms with Gasteiger partial charge in [-0.3, -0.25) is 4.79 Å². The number of nitrogens with two attached hydrogens (primary N) is 3. The van der Waals surface area contributed by atoms with Gasteiger partial charge in [0.25, 0.3) is 0 Å². The van der Waals surface area contributed by atoms with E-state index in [4.69, 9.17) is 24.6 Å². The highest BCUT2D eigenvalue weighted by molar-refractivity contribution is 5.99. The molecule has 8 nitrogen and oxygen atoms in total. The Hall–Kier alpha value is -3.70. The number of amides is 1. The smallest absolute Gasteiger partial charge is 0.338 e. The van der Waals surface area contributed by atoms with Crippen molar-refractivity contribution in [3.63, 3.8) is 0 Å². The highest BCUT2D eigenvalue weighted by Gasteiger charge is 2.33. The first-order valence-electron chi connectivity index (χ1n) is 16.9. The topological polar surface area (TPSA) is 128 Å². The molecule has 46 heavy (non-hydrogen) atoms. The van der Waals surface area contributed by atoms with Gasteiger partial charge in [0.05, 0.1) is 32.4 Å². The third-order valence-corrected chi connectivity index (χ3v) is 9.86. The predicted octanol–water partition coefficient (Wildman–Crippen LogP) is 4.17. The SMILES string of the molecule is CC1=C(C)c2c(c(C(N)=O)cc(F)c2N2CCC[C@H](N)C2)C1.COC(=O)c1cc(F)c(N2CCC[C@H](N)C2)c2c1CC(C)=C2C.[2H][B][3H]. The van der Waals surface area contributed by atoms with E-state index in [0.29, 0.717) is 56.8 Å². The van der Waals surface area contributed by atoms with Crippen LogP contribution in [0.25, 0.3) is 11.1 Å². The molecular formula is C35H47BF2N5O3. The van der Waals surface area contributed by atoms with E-state index in [0.717, 1.165) is 77.7 Å². The lowest BCUT2D eigenvalue weighted by atomic mass is 9.95. The minimum Gasteiger partial charge on any atom is -0.465 e. The number of rotatable bonds is 4. The van der Waals surface area contributed by atoms with Crippen LogP contribution in [0.5, 0.6) is 0 Å². The van der Waals surface area contributed by atoms with Gasteiger partial charge in [0.2, 0.25) is 5.91 Å². The number of halogens is 2. The number of carbonyl (C=O) groups excluding carboxylic acids is 2. The summed E-state index contributed by atoms with van der Waals surface area (Å²) in [6, 6.07) is 2.74. The van der Waals surface area contributed by atoms with E-state index in [1.54, 1.807) is 0 Å². The Labute approximate surface area is 275 Å². The molecule has 247 valence electrons. The Morgan fingerprint density at radius 1 is 0.891 bits per heavy atom. The van der Waals surface area contributed by atoms with Gasteiger partial charge in [0.1, 0.15) is 11.6 Å². The number of nitrogens with zero attached hydrogens (tertiary/aromatic N) is 2. The molecule has 1 radical (unpaired) electrons. The summed E-state index contributed by atoms with van der Waals surface area (Å²) in [5.74, 6) is -1.80. The van der Waals surface area contributed by atoms with Gasteiger partial charge in [-0.15, -0.1) is 0 Å². The maximum absolute atomic E-state index is 14.9. The fourth-order valence-electron chi connectivity index (χ4n) is 7.31. The fraction of sp³-hybridized carbons (Fsp3) is 0.486. The van der Waals surface area contributed by atoms with Crippen LogP contribution in [0.15, 0.2) is 23.3 Å². The quantitative estimate of drug-likeness (QED) is 0.339. The van der Waals surface area contributed by atoms with E-state index in [1.807, 2.05) is 37.5 Å². The Morgan fingerprint density at radius 3 is 1.70 bits per heavy atom. The highest BCUT2D eigenvalue weighted by atomic mass is 19.1. The number of hydrogen-bond acceptors (Lipinski definition) is 7. The minimum atomic E-state index is -0.570. The van der Waals surface area contributed by atoms with E-state index < -0.39 is 11.9 Å². The molecule has 2 aliphatic heterocycles. The molecule has 0 unspecified atom stereocenters. The largest absolute Gasteiger partial charge is 0.465 e. The van der Waals surface area contributed by atoms with Crippen LogP contribution in [0.3, 0.4) is 0 Å². The van der Waals surface area contributed by atoms with Crippen molar-refractivity contribution in [1.29, 1.82) is 2.67 Å². The molecule has 0 saturated carbocycles. The second-order valence-corrected chi connectivity index (χ2v) is 12.9. The molecular weight excluding hydrogens is 587 g/mol. The number of benzene rings is 2. The molecule has 11 heteroatoms. The van der Waals surface area contributed by atoms with Crippen molar-refractivity contribution >= 4 is 42.7 Å². The molecule has 0 bridgehead atoms. The lowest BCUT2D eigenvalue weighted by Gasteiger charge is -2.34. The van der Waals surface area contributed by atoms with Gasteiger partial charge in [-0.1, -0.05) is 11.1 Å². The van der Waals surface area contributed by atoms with Crippen LogP contribution in [0.1, 0.15) is 96.3 Å². The van der Waals surface area contributed by atoms with E-state index in [1.165, 1.54) is 24.8 Å². The molecule has 2 saturated heterocycles. The van der Waals surface area contributed by atoms with Crippen LogP contribution in [-0.4, -0.2) is 68.3 Å². The average Bonchev–Trinajstić information content (AvgIpc) is 3.50. The maximum atomic E-state index is 14.9. The first kappa shape index (κ1) is 32.3. The van der Waals surface area contributed by atoms with Gasteiger partial charge in [-0.2, -0.15) is 0 Å². The van der Waals surface area contributed by atoms with Crippen molar-refractivity contribution in [2.24, 2.45) is 17.2 Å². The Kier molecular flexibility index (Phi) is 9.80. The summed E-state index contributed by atoms with van der Waals surface area (Å²) in [4.78, 5) is 27.8. The molecule has 6 rings (SSSR count). The lowest BCUT2D eigenvalue weighted by molar-refractivity contribution is 0.0599. The second-order valence-electron chi connectivity index (χ2n) is 12.9. The number of piperidine rings is 2. The van der Waals surface area contributed by atoms with E-state index in [2.05, 4.69) is 0 Å². The van der Waals surface area contributed by atoms with Gasteiger partial charge in [0, 0.05) is 55.0 Å². The Morgan fingerprint density at radius 2 is 1.30 bits per heavy atom. The molecule has 4 aliphatic rings. The normalized spacial score (nSPS) is 20.9. The van der Waals surface area contributed by atoms with Crippen molar-refractivity contribution in [2.45, 2.75) is 78.3 Å². The molecule has 2 heterocycles. The first-order valence-corrected chi connectivity index (χ1v) is 15.8. The monoisotopic (exact) mass is 637 g/mol. The molecule has 2 atom stereocenters. The number of fused-ring (bicyclic) bond motifs is 2. The third kappa shape index (κ3) is 6.44. The number of allylic oxidation sites excluding steroid dienone is 4. The Balaban J connectivity index is 0.000000201. The number of methoxy groups -OCH3 is 1. The number of ether oxygens (including phenoxy) is 1. The first-order chi connectivity index (χ1) is 22.7. The average molecular weight is 638 g/mol. The van der Waals surface area contributed by atoms with Crippen molar-refractivity contribution in [3.05, 3.63) is 68.3 Å². The molecule has 2 aromatic carbocycles. The molecule has 2 aliphatic carbocycles. The fourth-order valence-corrected chi connectivity index (χ4v) is 7.31. The van der Waals surface area contributed by atoms with Crippen LogP contribution < -0.4 is 27.0 Å². The predicted molar refractivity (Wildman–Crippen MR) is 184 cm³/mol. The Bertz CT molecular complexity index is 1650. The molecule has 0 spiro atoms. The molecule has 0 aromatic heterocycles. The molecule has 1 amide bonds. The molecule has 2 fully saturated rings. The van der Waals surface area contributed by atoms with Crippen molar-refractivity contribution in [2.75, 3.05) is 43.1 Å². The highest BCUT2D eigenvalue weighted by Crippen LogP contribution is 2.44. The van der Waals surface area contributed by atoms with Crippen LogP contribution in [0.2, 0.25) is 0 Å². The lowest BCUT2D eigenvalue weighted by Crippen LogP contribution is -2.43. The summed E-state index contributed by atoms with van der Waals surface area (Å²) >= 11 is 0. The molecule has 2 aromatic rings. The van der Waals surface area contributed by atoms with Gasteiger partial charge in [-0.05, 0) is 103 Å². The van der Waals surface area contributed by atoms with E-state index >= 15 is 0 Å². The van der Waals surface area contributed by atoms with Gasteiger partial charge in [0.15, 0.2) is 0 Å². The van der Waals surface area contributed by atoms with Crippen LogP contribution in [-0.2, 0) is 17.6 Å². The summed E-state index contributed by atoms with van der Waals surface area (Å²) in [5.41, 5.74) is 27.2. The third-order valence-electron chi connectivity index (χ3n) is 9.86. The summed E-state index contributed by atoms with van der Waals surface area (Å²) < 4.78 is 46.0. The summed E-state index contributed by atoms with van der Waals surface area (Å²) in [5, 5.41) is 0. The zero-order valence-corrected chi connectivity index (χ0v) is 27.6. The summed E-state index contributed by atoms with van der Waals surface area (Å²) in [6.45, 7) is 10.9. The van der Waals surface area contributed by atoms with E-state index in [-0.39, 0.29) is 23.7 Å². The van der Waals surface area contributed by atoms with Crippen LogP contribution >= 0.6 is 0 Å². The van der Waals surface area contributed by atoms with Gasteiger partial charge in [-0.25, -0.2) is 13.6 Å². The number of hydrogen-bond donors (Lipinski definition) is 3. The standard InChI is InChI=1S/C18H23FN2O2.C17H22FN3O.BH2/c1-10-7-13-14(18(22)23-3)8-15(19)17(16(13)11(10)2)21-6-4-5-12(20)9-21;1-9-6-12-13(17(20)22)7-14(18)16(15(12)10(9)2)21-5-3-4-11(19)8-21;/h8,12H,4-7,9,20H2,1-3H3;7,11H,3-6,8,19H2,1-2H3,(H2,20,22);1H2/t12-;11-;/m00./s1/i;;1TD. The molecule has 6 N–H and O–H groups in total. The van der Waals surface area contributed by atoms with Crippen LogP contribution in [0.4, 0.5) is 20.2 Å². The maximum Gasteiger partial charge on any atom is 0.338 e. The zero-order chi connectivity index (χ0) is 35.4. The van der Waals surface area contributed by atoms with Crippen LogP contribution in [0, 0.1) is 11.6 Å². The summed E-state index contributed by atoms with van der Waals surface area (Å²) in [6.07, 6.45) is 5.16. The van der Waals surface area contributed by atoms with E-state index in [9.17, 15) is 18.4 Å². The van der Waals surface area contributed by atoms with Crippen molar-refractivity contribution < 1.29 is 23.1 Å². The minimum absolute atomic E-state index is 0.0610. The number of primary amides is 1. The number of anilines is 2. The second kappa shape index (κ2) is 14.0. The number of esters is 1. The summed E-state index contributed by atoms with van der Waals surface area (Å²) in [7, 11) is 1.83. The van der Waals surface area contributed by atoms with Crippen molar-refractivity contribution in [1.82, 2.24) is 0 Å². The number of carbonyl (C=O) groups is 2. The van der Waals surface area contributed by atoms with Gasteiger partial charge >= 0.3 is 5.97 Å². The van der Waals surface area contributed by atoms with Crippen molar-refractivity contribution in [3.8, 4) is 0 Å². The van der Waals surface area contributed by atoms with Gasteiger partial charge < -0.3 is 31.7 Å².